The largest absolute Gasteiger partial charge is 0.497 e. The molecule has 35 heavy (non-hydrogen) atoms. The van der Waals surface area contributed by atoms with Crippen LogP contribution in [-0.2, 0) is 10.2 Å². The van der Waals surface area contributed by atoms with Crippen molar-refractivity contribution in [1.82, 2.24) is 10.2 Å². The van der Waals surface area contributed by atoms with Crippen molar-refractivity contribution < 1.29 is 9.53 Å². The van der Waals surface area contributed by atoms with Gasteiger partial charge in [-0.25, -0.2) is 0 Å². The molecule has 3 aliphatic rings. The van der Waals surface area contributed by atoms with E-state index in [0.29, 0.717) is 0 Å². The third kappa shape index (κ3) is 3.09. The van der Waals surface area contributed by atoms with Gasteiger partial charge in [0.2, 0.25) is 5.91 Å². The van der Waals surface area contributed by atoms with E-state index in [9.17, 15) is 4.79 Å². The molecule has 2 N–H and O–H groups in total. The van der Waals surface area contributed by atoms with E-state index in [-0.39, 0.29) is 11.8 Å². The van der Waals surface area contributed by atoms with Crippen LogP contribution in [0.3, 0.4) is 0 Å². The van der Waals surface area contributed by atoms with Gasteiger partial charge in [0, 0.05) is 41.3 Å². The number of H-pyrrole nitrogens is 1. The van der Waals surface area contributed by atoms with Crippen molar-refractivity contribution in [2.75, 3.05) is 30.4 Å². The molecule has 2 fully saturated rings. The number of nitrogens with one attached hydrogen (secondary N) is 2. The zero-order chi connectivity index (χ0) is 23.6. The molecule has 1 amide bonds. The SMILES string of the molecule is COc1ccc2c(c1)[C@@]1(C[C@@H]1c1ccc3c(-c4ccc(N5CCCCC5)cc4)n[nH]c3c1)C(=O)N2. The molecule has 1 aliphatic carbocycles. The summed E-state index contributed by atoms with van der Waals surface area (Å²) in [5.74, 6) is 1.02. The maximum Gasteiger partial charge on any atom is 0.235 e. The highest BCUT2D eigenvalue weighted by atomic mass is 16.5. The molecule has 0 unspecified atom stereocenters. The monoisotopic (exact) mass is 464 g/mol. The van der Waals surface area contributed by atoms with E-state index in [2.05, 4.69) is 62.9 Å². The van der Waals surface area contributed by atoms with Gasteiger partial charge in [-0.15, -0.1) is 0 Å². The van der Waals surface area contributed by atoms with Crippen LogP contribution in [0.1, 0.15) is 42.7 Å². The number of amides is 1. The number of nitrogens with zero attached hydrogens (tertiary/aromatic N) is 2. The van der Waals surface area contributed by atoms with Gasteiger partial charge in [-0.3, -0.25) is 9.89 Å². The summed E-state index contributed by atoms with van der Waals surface area (Å²) < 4.78 is 5.43. The Kier molecular flexibility index (Phi) is 4.47. The number of hydrogen-bond donors (Lipinski definition) is 2. The molecule has 1 aromatic heterocycles. The number of carbonyl (C=O) groups excluding carboxylic acids is 1. The summed E-state index contributed by atoms with van der Waals surface area (Å²) in [6.07, 6.45) is 4.70. The third-order valence-electron chi connectivity index (χ3n) is 8.17. The van der Waals surface area contributed by atoms with Crippen molar-refractivity contribution in [3.63, 3.8) is 0 Å². The second-order valence-corrected chi connectivity index (χ2v) is 10.1. The maximum atomic E-state index is 13.0. The fraction of sp³-hybridized carbons (Fsp3) is 0.310. The van der Waals surface area contributed by atoms with E-state index >= 15 is 0 Å². The number of fused-ring (bicyclic) bond motifs is 3. The van der Waals surface area contributed by atoms with Gasteiger partial charge in [0.25, 0.3) is 0 Å². The number of ether oxygens (including phenoxy) is 1. The second-order valence-electron chi connectivity index (χ2n) is 10.1. The summed E-state index contributed by atoms with van der Waals surface area (Å²) in [5, 5.41) is 12.1. The van der Waals surface area contributed by atoms with Crippen LogP contribution >= 0.6 is 0 Å². The van der Waals surface area contributed by atoms with E-state index in [1.807, 2.05) is 18.2 Å². The van der Waals surface area contributed by atoms with Gasteiger partial charge < -0.3 is 15.0 Å². The summed E-state index contributed by atoms with van der Waals surface area (Å²) in [6.45, 7) is 2.29. The zero-order valence-electron chi connectivity index (χ0n) is 19.8. The standard InChI is InChI=1S/C29H28N4O2/c1-35-21-10-12-25-23(16-21)29(28(34)30-25)17-24(29)19-7-11-22-26(15-19)31-32-27(22)18-5-8-20(9-6-18)33-13-3-2-4-14-33/h5-12,15-16,24H,2-4,13-14,17H2,1H3,(H,30,34)(H,31,32)/t24-,29-/m1/s1. The number of rotatable bonds is 4. The van der Waals surface area contributed by atoms with Crippen molar-refractivity contribution in [3.05, 3.63) is 71.8 Å². The number of aromatic nitrogens is 2. The Labute approximate surface area is 204 Å². The molecule has 176 valence electrons. The summed E-state index contributed by atoms with van der Waals surface area (Å²) in [7, 11) is 1.66. The van der Waals surface area contributed by atoms with Crippen LogP contribution in [0.2, 0.25) is 0 Å². The number of piperidine rings is 1. The summed E-state index contributed by atoms with van der Waals surface area (Å²) in [4.78, 5) is 15.5. The van der Waals surface area contributed by atoms with Crippen LogP contribution in [0, 0.1) is 0 Å². The second kappa shape index (κ2) is 7.60. The molecule has 1 saturated carbocycles. The van der Waals surface area contributed by atoms with Gasteiger partial charge in [0.1, 0.15) is 5.75 Å². The van der Waals surface area contributed by atoms with Crippen molar-refractivity contribution in [3.8, 4) is 17.0 Å². The van der Waals surface area contributed by atoms with Gasteiger partial charge in [0.05, 0.1) is 23.7 Å². The molecule has 4 aromatic rings. The number of methoxy groups -OCH3 is 1. The Morgan fingerprint density at radius 2 is 1.83 bits per heavy atom. The lowest BCUT2D eigenvalue weighted by Gasteiger charge is -2.28. The molecule has 0 bridgehead atoms. The first-order valence-corrected chi connectivity index (χ1v) is 12.5. The minimum absolute atomic E-state index is 0.0879. The number of aromatic amines is 1. The van der Waals surface area contributed by atoms with Crippen LogP contribution < -0.4 is 15.0 Å². The number of hydrogen-bond acceptors (Lipinski definition) is 4. The van der Waals surface area contributed by atoms with Gasteiger partial charge in [0.15, 0.2) is 0 Å². The smallest absolute Gasteiger partial charge is 0.235 e. The van der Waals surface area contributed by atoms with E-state index in [1.165, 1.54) is 30.5 Å². The molecule has 7 rings (SSSR count). The summed E-state index contributed by atoms with van der Waals surface area (Å²) >= 11 is 0. The lowest BCUT2D eigenvalue weighted by Crippen LogP contribution is -2.29. The Balaban J connectivity index is 1.18. The minimum Gasteiger partial charge on any atom is -0.497 e. The summed E-state index contributed by atoms with van der Waals surface area (Å²) in [5.41, 5.74) is 7.00. The Hall–Kier alpha value is -3.80. The van der Waals surface area contributed by atoms with E-state index < -0.39 is 5.41 Å². The van der Waals surface area contributed by atoms with E-state index in [1.54, 1.807) is 7.11 Å². The molecule has 3 heterocycles. The van der Waals surface area contributed by atoms with Crippen molar-refractivity contribution >= 4 is 28.2 Å². The fourth-order valence-corrected chi connectivity index (χ4v) is 6.15. The molecular formula is C29H28N4O2. The average Bonchev–Trinajstić information content (AvgIpc) is 3.44. The van der Waals surface area contributed by atoms with Crippen LogP contribution in [0.5, 0.6) is 5.75 Å². The van der Waals surface area contributed by atoms with Crippen molar-refractivity contribution in [2.45, 2.75) is 37.0 Å². The fourth-order valence-electron chi connectivity index (χ4n) is 6.15. The summed E-state index contributed by atoms with van der Waals surface area (Å²) in [6, 6.07) is 21.1. The molecule has 1 spiro atoms. The van der Waals surface area contributed by atoms with Gasteiger partial charge in [-0.1, -0.05) is 24.3 Å². The molecule has 2 aliphatic heterocycles. The lowest BCUT2D eigenvalue weighted by molar-refractivity contribution is -0.118. The molecule has 0 radical (unpaired) electrons. The topological polar surface area (TPSA) is 70.2 Å². The molecular weight excluding hydrogens is 436 g/mol. The highest BCUT2D eigenvalue weighted by molar-refractivity contribution is 6.10. The Bertz CT molecular complexity index is 1450. The van der Waals surface area contributed by atoms with Gasteiger partial charge in [-0.2, -0.15) is 5.10 Å². The van der Waals surface area contributed by atoms with Crippen LogP contribution in [-0.4, -0.2) is 36.3 Å². The molecule has 3 aromatic carbocycles. The van der Waals surface area contributed by atoms with Crippen LogP contribution in [0.25, 0.3) is 22.2 Å². The normalized spacial score (nSPS) is 22.9. The quantitative estimate of drug-likeness (QED) is 0.412. The van der Waals surface area contributed by atoms with E-state index in [0.717, 1.165) is 58.7 Å². The minimum atomic E-state index is -0.495. The maximum absolute atomic E-state index is 13.0. The predicted octanol–water partition coefficient (Wildman–Crippen LogP) is 5.61. The first kappa shape index (κ1) is 20.6. The molecule has 1 saturated heterocycles. The van der Waals surface area contributed by atoms with Crippen LogP contribution in [0.15, 0.2) is 60.7 Å². The Morgan fingerprint density at radius 3 is 2.63 bits per heavy atom. The lowest BCUT2D eigenvalue weighted by atomic mass is 9.91. The average molecular weight is 465 g/mol. The highest BCUT2D eigenvalue weighted by Gasteiger charge is 2.65. The van der Waals surface area contributed by atoms with Crippen LogP contribution in [0.4, 0.5) is 11.4 Å². The Morgan fingerprint density at radius 1 is 1.00 bits per heavy atom. The predicted molar refractivity (Wildman–Crippen MR) is 138 cm³/mol. The number of carbonyl (C=O) groups is 1. The molecule has 6 nitrogen and oxygen atoms in total. The zero-order valence-corrected chi connectivity index (χ0v) is 19.8. The highest BCUT2D eigenvalue weighted by Crippen LogP contribution is 2.65. The number of anilines is 2. The third-order valence-corrected chi connectivity index (χ3v) is 8.17. The number of benzene rings is 3. The van der Waals surface area contributed by atoms with Crippen molar-refractivity contribution in [2.24, 2.45) is 0 Å². The molecule has 6 heteroatoms. The van der Waals surface area contributed by atoms with E-state index in [4.69, 9.17) is 4.74 Å². The first-order valence-electron chi connectivity index (χ1n) is 12.5. The van der Waals surface area contributed by atoms with Crippen molar-refractivity contribution in [1.29, 1.82) is 0 Å². The first-order chi connectivity index (χ1) is 17.2. The van der Waals surface area contributed by atoms with Gasteiger partial charge >= 0.3 is 0 Å². The van der Waals surface area contributed by atoms with Gasteiger partial charge in [-0.05, 0) is 73.2 Å². The molecule has 2 atom stereocenters.